The van der Waals surface area contributed by atoms with E-state index in [0.717, 1.165) is 36.4 Å². The number of esters is 1. The Hall–Kier alpha value is -2.89. The van der Waals surface area contributed by atoms with Crippen LogP contribution in [0.4, 0.5) is 0 Å². The molecule has 0 unspecified atom stereocenters. The van der Waals surface area contributed by atoms with Crippen molar-refractivity contribution in [2.24, 2.45) is 0 Å². The van der Waals surface area contributed by atoms with Gasteiger partial charge in [0.1, 0.15) is 18.1 Å². The second kappa shape index (κ2) is 9.07. The minimum Gasteiger partial charge on any atom is -0.488 e. The fraction of sp³-hybridized carbons (Fsp3) is 0.208. The molecule has 1 aromatic heterocycles. The summed E-state index contributed by atoms with van der Waals surface area (Å²) in [6, 6.07) is 18.1. The van der Waals surface area contributed by atoms with Crippen molar-refractivity contribution in [3.8, 4) is 11.5 Å². The zero-order valence-corrected chi connectivity index (χ0v) is 17.1. The van der Waals surface area contributed by atoms with Crippen molar-refractivity contribution in [2.75, 3.05) is 6.54 Å². The first-order valence-electron chi connectivity index (χ1n) is 9.68. The fourth-order valence-electron chi connectivity index (χ4n) is 3.39. The van der Waals surface area contributed by atoms with Gasteiger partial charge in [-0.2, -0.15) is 0 Å². The predicted octanol–water partition coefficient (Wildman–Crippen LogP) is 5.18. The average Bonchev–Trinajstić information content (AvgIpc) is 3.13. The second-order valence-electron chi connectivity index (χ2n) is 6.88. The molecule has 0 saturated heterocycles. The third-order valence-corrected chi connectivity index (χ3v) is 5.71. The third-order valence-electron chi connectivity index (χ3n) is 4.72. The minimum atomic E-state index is -0.327. The largest absolute Gasteiger partial charge is 0.488 e. The standard InChI is InChI=1S/C24H23NO3S/c1-17(26)28-20-9-10-23-22(14-20)21(24-19(16-27-23)11-13-29-24)8-5-12-25-15-18-6-3-2-4-7-18/h2-4,6-11,13-14,25H,5,12,15-16H2,1H3/b21-8+. The van der Waals surface area contributed by atoms with Gasteiger partial charge < -0.3 is 14.8 Å². The quantitative estimate of drug-likeness (QED) is 0.349. The first kappa shape index (κ1) is 19.4. The number of ether oxygens (including phenoxy) is 2. The summed E-state index contributed by atoms with van der Waals surface area (Å²) >= 11 is 1.71. The van der Waals surface area contributed by atoms with Crippen molar-refractivity contribution in [3.05, 3.63) is 87.6 Å². The van der Waals surface area contributed by atoms with Crippen molar-refractivity contribution in [2.45, 2.75) is 26.5 Å². The van der Waals surface area contributed by atoms with Gasteiger partial charge in [0, 0.05) is 29.5 Å². The lowest BCUT2D eigenvalue weighted by Crippen LogP contribution is -2.14. The number of benzene rings is 2. The summed E-state index contributed by atoms with van der Waals surface area (Å²) in [7, 11) is 0. The molecular weight excluding hydrogens is 382 g/mol. The van der Waals surface area contributed by atoms with Crippen LogP contribution in [0.1, 0.15) is 34.9 Å². The molecule has 0 saturated carbocycles. The number of carbonyl (C=O) groups excluding carboxylic acids is 1. The van der Waals surface area contributed by atoms with Crippen molar-refractivity contribution in [1.82, 2.24) is 5.32 Å². The van der Waals surface area contributed by atoms with Gasteiger partial charge in [-0.25, -0.2) is 0 Å². The van der Waals surface area contributed by atoms with Gasteiger partial charge >= 0.3 is 5.97 Å². The minimum absolute atomic E-state index is 0.327. The first-order valence-corrected chi connectivity index (χ1v) is 10.6. The van der Waals surface area contributed by atoms with E-state index in [4.69, 9.17) is 9.47 Å². The summed E-state index contributed by atoms with van der Waals surface area (Å²) in [6.45, 7) is 3.68. The van der Waals surface area contributed by atoms with Gasteiger partial charge in [-0.15, -0.1) is 11.3 Å². The van der Waals surface area contributed by atoms with Crippen LogP contribution >= 0.6 is 11.3 Å². The topological polar surface area (TPSA) is 47.6 Å². The fourth-order valence-corrected chi connectivity index (χ4v) is 4.36. The van der Waals surface area contributed by atoms with Gasteiger partial charge in [-0.1, -0.05) is 36.4 Å². The molecule has 1 N–H and O–H groups in total. The lowest BCUT2D eigenvalue weighted by atomic mass is 10.0. The molecule has 0 fully saturated rings. The van der Waals surface area contributed by atoms with E-state index in [0.29, 0.717) is 12.4 Å². The Morgan fingerprint density at radius 2 is 2.07 bits per heavy atom. The Kier molecular flexibility index (Phi) is 6.08. The summed E-state index contributed by atoms with van der Waals surface area (Å²) in [5.41, 5.74) is 4.56. The number of thiophene rings is 1. The maximum Gasteiger partial charge on any atom is 0.308 e. The highest BCUT2D eigenvalue weighted by atomic mass is 32.1. The lowest BCUT2D eigenvalue weighted by Gasteiger charge is -2.12. The molecule has 2 heterocycles. The zero-order valence-electron chi connectivity index (χ0n) is 16.3. The van der Waals surface area contributed by atoms with Crippen LogP contribution in [0.5, 0.6) is 11.5 Å². The smallest absolute Gasteiger partial charge is 0.308 e. The number of carbonyl (C=O) groups is 1. The molecule has 4 nitrogen and oxygen atoms in total. The number of rotatable bonds is 6. The molecule has 0 aliphatic carbocycles. The highest BCUT2D eigenvalue weighted by Gasteiger charge is 2.21. The summed E-state index contributed by atoms with van der Waals surface area (Å²) < 4.78 is 11.3. The molecule has 148 valence electrons. The summed E-state index contributed by atoms with van der Waals surface area (Å²) in [5.74, 6) is 1.02. The van der Waals surface area contributed by atoms with Crippen LogP contribution in [-0.2, 0) is 17.9 Å². The van der Waals surface area contributed by atoms with E-state index in [9.17, 15) is 4.79 Å². The van der Waals surface area contributed by atoms with Crippen molar-refractivity contribution in [3.63, 3.8) is 0 Å². The Morgan fingerprint density at radius 1 is 1.21 bits per heavy atom. The van der Waals surface area contributed by atoms with Gasteiger partial charge in [-0.05, 0) is 53.7 Å². The van der Waals surface area contributed by atoms with Crippen LogP contribution in [-0.4, -0.2) is 12.5 Å². The average molecular weight is 406 g/mol. The Balaban J connectivity index is 1.55. The van der Waals surface area contributed by atoms with E-state index in [2.05, 4.69) is 47.1 Å². The van der Waals surface area contributed by atoms with Crippen LogP contribution in [0, 0.1) is 0 Å². The summed E-state index contributed by atoms with van der Waals surface area (Å²) in [4.78, 5) is 12.6. The second-order valence-corrected chi connectivity index (χ2v) is 7.80. The van der Waals surface area contributed by atoms with E-state index < -0.39 is 0 Å². The van der Waals surface area contributed by atoms with E-state index in [1.807, 2.05) is 18.2 Å². The molecular formula is C24H23NO3S. The number of fused-ring (bicyclic) bond motifs is 2. The van der Waals surface area contributed by atoms with E-state index in [1.165, 1.54) is 22.9 Å². The third kappa shape index (κ3) is 4.75. The maximum absolute atomic E-state index is 11.4. The molecule has 4 rings (SSSR count). The molecule has 2 aromatic carbocycles. The molecule has 1 aliphatic heterocycles. The molecule has 0 atom stereocenters. The predicted molar refractivity (Wildman–Crippen MR) is 116 cm³/mol. The Morgan fingerprint density at radius 3 is 2.90 bits per heavy atom. The van der Waals surface area contributed by atoms with E-state index in [-0.39, 0.29) is 5.97 Å². The molecule has 29 heavy (non-hydrogen) atoms. The van der Waals surface area contributed by atoms with Crippen LogP contribution in [0.2, 0.25) is 0 Å². The van der Waals surface area contributed by atoms with Gasteiger partial charge in [0.15, 0.2) is 0 Å². The molecule has 5 heteroatoms. The van der Waals surface area contributed by atoms with Crippen LogP contribution in [0.15, 0.2) is 66.1 Å². The molecule has 1 aliphatic rings. The maximum atomic E-state index is 11.4. The van der Waals surface area contributed by atoms with Gasteiger partial charge in [-0.3, -0.25) is 4.79 Å². The molecule has 3 aromatic rings. The van der Waals surface area contributed by atoms with Crippen molar-refractivity contribution >= 4 is 22.9 Å². The molecule has 0 radical (unpaired) electrons. The Labute approximate surface area is 174 Å². The highest BCUT2D eigenvalue weighted by Crippen LogP contribution is 2.41. The zero-order chi connectivity index (χ0) is 20.1. The van der Waals surface area contributed by atoms with Crippen molar-refractivity contribution in [1.29, 1.82) is 0 Å². The monoisotopic (exact) mass is 405 g/mol. The highest BCUT2D eigenvalue weighted by molar-refractivity contribution is 7.11. The molecule has 0 amide bonds. The number of hydrogen-bond donors (Lipinski definition) is 1. The lowest BCUT2D eigenvalue weighted by molar-refractivity contribution is -0.131. The van der Waals surface area contributed by atoms with Crippen LogP contribution < -0.4 is 14.8 Å². The van der Waals surface area contributed by atoms with Gasteiger partial charge in [0.25, 0.3) is 0 Å². The van der Waals surface area contributed by atoms with Crippen molar-refractivity contribution < 1.29 is 14.3 Å². The molecule has 0 bridgehead atoms. The van der Waals surface area contributed by atoms with Crippen LogP contribution in [0.3, 0.4) is 0 Å². The number of nitrogens with one attached hydrogen (secondary N) is 1. The van der Waals surface area contributed by atoms with Gasteiger partial charge in [0.05, 0.1) is 0 Å². The van der Waals surface area contributed by atoms with E-state index in [1.54, 1.807) is 17.4 Å². The van der Waals surface area contributed by atoms with E-state index >= 15 is 0 Å². The summed E-state index contributed by atoms with van der Waals surface area (Å²) in [6.07, 6.45) is 3.13. The summed E-state index contributed by atoms with van der Waals surface area (Å²) in [5, 5.41) is 5.59. The van der Waals surface area contributed by atoms with Crippen LogP contribution in [0.25, 0.3) is 5.57 Å². The Bertz CT molecular complexity index is 1020. The SMILES string of the molecule is CC(=O)Oc1ccc2c(c1)/C(=C\CCNCc1ccccc1)c1sccc1CO2. The first-order chi connectivity index (χ1) is 14.2. The molecule has 0 spiro atoms. The van der Waals surface area contributed by atoms with Gasteiger partial charge in [0.2, 0.25) is 0 Å². The number of hydrogen-bond acceptors (Lipinski definition) is 5. The normalized spacial score (nSPS) is 13.9.